The van der Waals surface area contributed by atoms with Crippen LogP contribution in [0, 0.1) is 0 Å². The highest BCUT2D eigenvalue weighted by Gasteiger charge is 2.08. The highest BCUT2D eigenvalue weighted by molar-refractivity contribution is 4.94. The molecule has 0 unspecified atom stereocenters. The van der Waals surface area contributed by atoms with Crippen LogP contribution in [-0.2, 0) is 0 Å². The Morgan fingerprint density at radius 3 is 2.25 bits per heavy atom. The first-order valence-corrected chi connectivity index (χ1v) is 4.98. The van der Waals surface area contributed by atoms with Gasteiger partial charge in [0.15, 0.2) is 0 Å². The van der Waals surface area contributed by atoms with Crippen molar-refractivity contribution in [2.24, 2.45) is 0 Å². The second-order valence-corrected chi connectivity index (χ2v) is 2.66. The number of nitrogens with zero attached hydrogens (tertiary/aromatic N) is 1. The van der Waals surface area contributed by atoms with Crippen LogP contribution in [0.5, 0.6) is 0 Å². The molecular formula is C10H22N2. The van der Waals surface area contributed by atoms with Gasteiger partial charge in [-0.15, -0.1) is 0 Å². The van der Waals surface area contributed by atoms with Crippen molar-refractivity contribution >= 4 is 0 Å². The summed E-state index contributed by atoms with van der Waals surface area (Å²) in [5.74, 6) is 0. The molecule has 12 heavy (non-hydrogen) atoms. The second kappa shape index (κ2) is 7.17. The Labute approximate surface area is 76.6 Å². The molecule has 2 nitrogen and oxygen atoms in total. The van der Waals surface area contributed by atoms with Crippen molar-refractivity contribution in [1.29, 1.82) is 0 Å². The molecule has 0 aliphatic carbocycles. The van der Waals surface area contributed by atoms with Gasteiger partial charge in [-0.2, -0.15) is 0 Å². The molecule has 0 bridgehead atoms. The van der Waals surface area contributed by atoms with Crippen molar-refractivity contribution in [3.8, 4) is 0 Å². The molecule has 1 N–H and O–H groups in total. The van der Waals surface area contributed by atoms with Gasteiger partial charge in [0.05, 0.1) is 0 Å². The van der Waals surface area contributed by atoms with E-state index in [0.717, 1.165) is 32.6 Å². The summed E-state index contributed by atoms with van der Waals surface area (Å²) in [5, 5.41) is 3.31. The Morgan fingerprint density at radius 1 is 1.33 bits per heavy atom. The third-order valence-corrected chi connectivity index (χ3v) is 1.97. The van der Waals surface area contributed by atoms with Crippen molar-refractivity contribution in [1.82, 2.24) is 10.2 Å². The maximum Gasteiger partial charge on any atom is 0.0300 e. The van der Waals surface area contributed by atoms with E-state index in [4.69, 9.17) is 0 Å². The molecule has 0 aromatic heterocycles. The van der Waals surface area contributed by atoms with Crippen LogP contribution in [0.15, 0.2) is 12.3 Å². The van der Waals surface area contributed by atoms with Gasteiger partial charge < -0.3 is 10.2 Å². The van der Waals surface area contributed by atoms with Crippen molar-refractivity contribution in [2.45, 2.75) is 27.2 Å². The van der Waals surface area contributed by atoms with Crippen molar-refractivity contribution in [3.63, 3.8) is 0 Å². The highest BCUT2D eigenvalue weighted by atomic mass is 15.2. The first-order valence-electron chi connectivity index (χ1n) is 4.98. The normalized spacial score (nSPS) is 16.4. The first-order chi connectivity index (χ1) is 5.84. The number of hydrogen-bond donors (Lipinski definition) is 1. The first kappa shape index (κ1) is 11.5. The zero-order valence-corrected chi connectivity index (χ0v) is 8.69. The Balaban J connectivity index is 0.000000561. The minimum Gasteiger partial charge on any atom is -0.373 e. The number of allylic oxidation sites excluding steroid dienone is 1. The minimum absolute atomic E-state index is 1.08. The van der Waals surface area contributed by atoms with Crippen LogP contribution >= 0.6 is 0 Å². The lowest BCUT2D eigenvalue weighted by molar-refractivity contribution is 0.293. The average molecular weight is 170 g/mol. The van der Waals surface area contributed by atoms with Gasteiger partial charge in [-0.1, -0.05) is 27.4 Å². The Bertz CT molecular complexity index is 115. The third kappa shape index (κ3) is 3.77. The van der Waals surface area contributed by atoms with Gasteiger partial charge in [0.25, 0.3) is 0 Å². The van der Waals surface area contributed by atoms with E-state index in [1.54, 1.807) is 0 Å². The maximum atomic E-state index is 4.00. The predicted octanol–water partition coefficient (Wildman–Crippen LogP) is 1.84. The van der Waals surface area contributed by atoms with Gasteiger partial charge in [0.2, 0.25) is 0 Å². The standard InChI is InChI=1S/C8H16N2.C2H6/c1-3-8(2)10-6-4-9-5-7-10;1-2/h9H,2-7H2,1H3;1-2H3. The molecule has 1 aliphatic rings. The van der Waals surface area contributed by atoms with Crippen LogP contribution < -0.4 is 5.32 Å². The molecule has 0 aromatic rings. The van der Waals surface area contributed by atoms with Crippen LogP contribution in [0.1, 0.15) is 27.2 Å². The molecular weight excluding hydrogens is 148 g/mol. The topological polar surface area (TPSA) is 15.3 Å². The fourth-order valence-corrected chi connectivity index (χ4v) is 1.20. The van der Waals surface area contributed by atoms with Crippen molar-refractivity contribution in [2.75, 3.05) is 26.2 Å². The monoisotopic (exact) mass is 170 g/mol. The number of hydrogen-bond acceptors (Lipinski definition) is 2. The molecule has 0 amide bonds. The lowest BCUT2D eigenvalue weighted by atomic mass is 10.3. The predicted molar refractivity (Wildman–Crippen MR) is 55.2 cm³/mol. The van der Waals surface area contributed by atoms with E-state index in [2.05, 4.69) is 23.7 Å². The van der Waals surface area contributed by atoms with Gasteiger partial charge in [0, 0.05) is 31.9 Å². The fourth-order valence-electron chi connectivity index (χ4n) is 1.20. The van der Waals surface area contributed by atoms with Crippen molar-refractivity contribution < 1.29 is 0 Å². The molecule has 1 fully saturated rings. The Kier molecular flexibility index (Phi) is 6.87. The van der Waals surface area contributed by atoms with Crippen LogP contribution in [0.3, 0.4) is 0 Å². The van der Waals surface area contributed by atoms with Gasteiger partial charge in [-0.05, 0) is 6.42 Å². The van der Waals surface area contributed by atoms with Crippen LogP contribution in [0.2, 0.25) is 0 Å². The third-order valence-electron chi connectivity index (χ3n) is 1.97. The van der Waals surface area contributed by atoms with E-state index < -0.39 is 0 Å². The summed E-state index contributed by atoms with van der Waals surface area (Å²) in [6.07, 6.45) is 1.08. The van der Waals surface area contributed by atoms with Gasteiger partial charge >= 0.3 is 0 Å². The molecule has 0 atom stereocenters. The Morgan fingerprint density at radius 2 is 1.83 bits per heavy atom. The molecule has 72 valence electrons. The Hall–Kier alpha value is -0.500. The van der Waals surface area contributed by atoms with E-state index in [1.807, 2.05) is 13.8 Å². The minimum atomic E-state index is 1.08. The zero-order valence-electron chi connectivity index (χ0n) is 8.69. The van der Waals surface area contributed by atoms with E-state index >= 15 is 0 Å². The molecule has 0 aromatic carbocycles. The summed E-state index contributed by atoms with van der Waals surface area (Å²) in [4.78, 5) is 2.36. The van der Waals surface area contributed by atoms with E-state index in [9.17, 15) is 0 Å². The van der Waals surface area contributed by atoms with Gasteiger partial charge in [-0.25, -0.2) is 0 Å². The summed E-state index contributed by atoms with van der Waals surface area (Å²) in [5.41, 5.74) is 1.28. The number of nitrogens with one attached hydrogen (secondary N) is 1. The van der Waals surface area contributed by atoms with E-state index in [0.29, 0.717) is 0 Å². The van der Waals surface area contributed by atoms with Gasteiger partial charge in [-0.3, -0.25) is 0 Å². The molecule has 1 heterocycles. The lowest BCUT2D eigenvalue weighted by Crippen LogP contribution is -2.42. The second-order valence-electron chi connectivity index (χ2n) is 2.66. The molecule has 0 spiro atoms. The summed E-state index contributed by atoms with van der Waals surface area (Å²) >= 11 is 0. The average Bonchev–Trinajstić information content (AvgIpc) is 2.21. The molecule has 1 aliphatic heterocycles. The molecule has 1 rings (SSSR count). The van der Waals surface area contributed by atoms with E-state index in [1.165, 1.54) is 5.70 Å². The summed E-state index contributed by atoms with van der Waals surface area (Å²) < 4.78 is 0. The van der Waals surface area contributed by atoms with Crippen LogP contribution in [0.4, 0.5) is 0 Å². The summed E-state index contributed by atoms with van der Waals surface area (Å²) in [6.45, 7) is 14.6. The summed E-state index contributed by atoms with van der Waals surface area (Å²) in [6, 6.07) is 0. The maximum absolute atomic E-state index is 4.00. The van der Waals surface area contributed by atoms with E-state index in [-0.39, 0.29) is 0 Å². The summed E-state index contributed by atoms with van der Waals surface area (Å²) in [7, 11) is 0. The fraction of sp³-hybridized carbons (Fsp3) is 0.800. The van der Waals surface area contributed by atoms with Crippen LogP contribution in [-0.4, -0.2) is 31.1 Å². The van der Waals surface area contributed by atoms with Gasteiger partial charge in [0.1, 0.15) is 0 Å². The largest absolute Gasteiger partial charge is 0.373 e. The molecule has 2 heteroatoms. The zero-order chi connectivity index (χ0) is 9.40. The molecule has 0 saturated carbocycles. The SMILES string of the molecule is C=C(CC)N1CCNCC1.CC. The molecule has 0 radical (unpaired) electrons. The molecule has 1 saturated heterocycles. The lowest BCUT2D eigenvalue weighted by Gasteiger charge is -2.30. The van der Waals surface area contributed by atoms with Crippen LogP contribution in [0.25, 0.3) is 0 Å². The number of piperazine rings is 1. The van der Waals surface area contributed by atoms with Crippen molar-refractivity contribution in [3.05, 3.63) is 12.3 Å². The number of rotatable bonds is 2. The highest BCUT2D eigenvalue weighted by Crippen LogP contribution is 2.05. The quantitative estimate of drug-likeness (QED) is 0.680. The smallest absolute Gasteiger partial charge is 0.0300 e.